The molecular formula is C23H22F3N5O2. The molecule has 3 aromatic rings. The molecule has 0 aromatic carbocycles. The van der Waals surface area contributed by atoms with Crippen molar-refractivity contribution in [3.8, 4) is 0 Å². The number of halogens is 3. The maximum atomic E-state index is 13.5. The molecule has 2 N–H and O–H groups in total. The van der Waals surface area contributed by atoms with Gasteiger partial charge in [-0.05, 0) is 42.0 Å². The Morgan fingerprint density at radius 1 is 1.18 bits per heavy atom. The van der Waals surface area contributed by atoms with Crippen molar-refractivity contribution in [2.75, 3.05) is 12.3 Å². The summed E-state index contributed by atoms with van der Waals surface area (Å²) in [6, 6.07) is 3.99. The van der Waals surface area contributed by atoms with Crippen molar-refractivity contribution in [2.45, 2.75) is 45.7 Å². The number of pyridine rings is 3. The van der Waals surface area contributed by atoms with Crippen molar-refractivity contribution in [3.63, 3.8) is 0 Å². The second kappa shape index (κ2) is 7.65. The molecule has 0 spiro atoms. The molecule has 0 radical (unpaired) electrons. The number of hydrogen-bond donors (Lipinski definition) is 1. The first-order valence-corrected chi connectivity index (χ1v) is 10.6. The third-order valence-electron chi connectivity index (χ3n) is 6.30. The van der Waals surface area contributed by atoms with Crippen LogP contribution in [-0.2, 0) is 30.7 Å². The fourth-order valence-corrected chi connectivity index (χ4v) is 4.07. The number of alkyl halides is 3. The van der Waals surface area contributed by atoms with E-state index in [1.165, 1.54) is 12.3 Å². The summed E-state index contributed by atoms with van der Waals surface area (Å²) in [5.41, 5.74) is 8.10. The minimum Gasteiger partial charge on any atom is -0.383 e. The summed E-state index contributed by atoms with van der Waals surface area (Å²) in [6.45, 7) is 3.40. The summed E-state index contributed by atoms with van der Waals surface area (Å²) in [4.78, 5) is 27.7. The molecule has 0 atom stereocenters. The molecule has 33 heavy (non-hydrogen) atoms. The molecule has 1 fully saturated rings. The number of amides is 1. The zero-order valence-electron chi connectivity index (χ0n) is 17.9. The molecule has 2 aliphatic rings. The average Bonchev–Trinajstić information content (AvgIpc) is 3.29. The number of carbonyl (C=O) groups excluding carboxylic acids is 1. The number of hydrogen-bond acceptors (Lipinski definition) is 6. The molecule has 1 aliphatic heterocycles. The fraction of sp³-hybridized carbons (Fsp3) is 0.391. The van der Waals surface area contributed by atoms with Gasteiger partial charge < -0.3 is 15.4 Å². The summed E-state index contributed by atoms with van der Waals surface area (Å²) in [5.74, 6) is 0.0868. The lowest BCUT2D eigenvalue weighted by molar-refractivity contribution is -0.137. The normalized spacial score (nSPS) is 16.6. The summed E-state index contributed by atoms with van der Waals surface area (Å²) >= 11 is 0. The Morgan fingerprint density at radius 3 is 2.61 bits per heavy atom. The molecule has 0 bridgehead atoms. The van der Waals surface area contributed by atoms with E-state index in [4.69, 9.17) is 10.5 Å². The molecule has 1 aliphatic carbocycles. The van der Waals surface area contributed by atoms with Crippen molar-refractivity contribution in [3.05, 3.63) is 58.7 Å². The number of nitrogens with two attached hydrogens (primary N) is 1. The van der Waals surface area contributed by atoms with Crippen molar-refractivity contribution in [1.29, 1.82) is 0 Å². The van der Waals surface area contributed by atoms with Crippen LogP contribution in [0.3, 0.4) is 0 Å². The van der Waals surface area contributed by atoms with Gasteiger partial charge >= 0.3 is 6.18 Å². The van der Waals surface area contributed by atoms with E-state index in [0.717, 1.165) is 41.6 Å². The lowest BCUT2D eigenvalue weighted by atomic mass is 10.0. The molecule has 10 heteroatoms. The van der Waals surface area contributed by atoms with Crippen LogP contribution in [0.25, 0.3) is 10.9 Å². The molecule has 1 saturated carbocycles. The second-order valence-corrected chi connectivity index (χ2v) is 9.04. The van der Waals surface area contributed by atoms with Crippen LogP contribution in [0.5, 0.6) is 0 Å². The lowest BCUT2D eigenvalue weighted by Gasteiger charge is -2.25. The van der Waals surface area contributed by atoms with Crippen LogP contribution in [-0.4, -0.2) is 32.3 Å². The van der Waals surface area contributed by atoms with E-state index < -0.39 is 11.7 Å². The minimum atomic E-state index is -4.46. The maximum Gasteiger partial charge on any atom is 0.417 e. The van der Waals surface area contributed by atoms with Crippen molar-refractivity contribution in [1.82, 2.24) is 19.9 Å². The zero-order valence-corrected chi connectivity index (χ0v) is 17.9. The molecule has 4 heterocycles. The van der Waals surface area contributed by atoms with E-state index in [2.05, 4.69) is 21.9 Å². The summed E-state index contributed by atoms with van der Waals surface area (Å²) < 4.78 is 44.1. The Morgan fingerprint density at radius 2 is 1.94 bits per heavy atom. The van der Waals surface area contributed by atoms with Crippen molar-refractivity contribution >= 4 is 22.6 Å². The highest BCUT2D eigenvalue weighted by Gasteiger charge is 2.40. The van der Waals surface area contributed by atoms with Crippen LogP contribution in [0, 0.1) is 5.41 Å². The Balaban J connectivity index is 1.46. The standard InChI is InChI=1S/C23H22F3N5O2/c1-22(4-5-22)12-31(9-14-3-2-13(7-28-14)23(24,25)26)21(32)18-6-15-16-10-33-11-17(16)20(27)30-19(15)8-29-18/h2-3,6-8H,4-5,9-12H2,1H3,(H2,27,30). The van der Waals surface area contributed by atoms with Gasteiger partial charge in [-0.1, -0.05) is 6.92 Å². The fourth-order valence-electron chi connectivity index (χ4n) is 4.07. The first-order chi connectivity index (χ1) is 15.6. The predicted molar refractivity (Wildman–Crippen MR) is 114 cm³/mol. The van der Waals surface area contributed by atoms with Crippen molar-refractivity contribution < 1.29 is 22.7 Å². The van der Waals surface area contributed by atoms with Gasteiger partial charge in [0.1, 0.15) is 11.5 Å². The Kier molecular flexibility index (Phi) is 5.00. The zero-order chi connectivity index (χ0) is 23.4. The van der Waals surface area contributed by atoms with Gasteiger partial charge in [0.15, 0.2) is 0 Å². The molecule has 0 unspecified atom stereocenters. The molecule has 7 nitrogen and oxygen atoms in total. The first kappa shape index (κ1) is 21.6. The average molecular weight is 457 g/mol. The molecule has 3 aromatic heterocycles. The summed E-state index contributed by atoms with van der Waals surface area (Å²) in [6.07, 6.45) is -0.179. The van der Waals surface area contributed by atoms with Gasteiger partial charge in [0.25, 0.3) is 5.91 Å². The molecule has 0 saturated heterocycles. The van der Waals surface area contributed by atoms with Crippen LogP contribution >= 0.6 is 0 Å². The van der Waals surface area contributed by atoms with Gasteiger partial charge in [0.05, 0.1) is 42.7 Å². The van der Waals surface area contributed by atoms with Crippen LogP contribution in [0.2, 0.25) is 0 Å². The van der Waals surface area contributed by atoms with Gasteiger partial charge in [0, 0.05) is 23.7 Å². The van der Waals surface area contributed by atoms with Gasteiger partial charge in [-0.3, -0.25) is 9.78 Å². The highest BCUT2D eigenvalue weighted by atomic mass is 19.4. The van der Waals surface area contributed by atoms with E-state index in [-0.39, 0.29) is 23.6 Å². The second-order valence-electron chi connectivity index (χ2n) is 9.04. The Hall–Kier alpha value is -3.27. The number of nitrogen functional groups attached to an aromatic ring is 1. The minimum absolute atomic E-state index is 0.0104. The van der Waals surface area contributed by atoms with E-state index in [0.29, 0.717) is 36.8 Å². The van der Waals surface area contributed by atoms with Gasteiger partial charge in [0.2, 0.25) is 0 Å². The van der Waals surface area contributed by atoms with Crippen LogP contribution in [0.1, 0.15) is 52.6 Å². The van der Waals surface area contributed by atoms with E-state index in [1.54, 1.807) is 11.0 Å². The number of ether oxygens (including phenoxy) is 1. The monoisotopic (exact) mass is 457 g/mol. The van der Waals surface area contributed by atoms with E-state index in [1.807, 2.05) is 0 Å². The number of nitrogens with zero attached hydrogens (tertiary/aromatic N) is 4. The molecule has 1 amide bonds. The number of rotatable bonds is 5. The van der Waals surface area contributed by atoms with Crippen LogP contribution < -0.4 is 5.73 Å². The molecular weight excluding hydrogens is 435 g/mol. The number of aromatic nitrogens is 3. The summed E-state index contributed by atoms with van der Waals surface area (Å²) in [7, 11) is 0. The third kappa shape index (κ3) is 4.22. The van der Waals surface area contributed by atoms with Crippen LogP contribution in [0.4, 0.5) is 19.0 Å². The van der Waals surface area contributed by atoms with Crippen molar-refractivity contribution in [2.24, 2.45) is 5.41 Å². The number of carbonyl (C=O) groups is 1. The summed E-state index contributed by atoms with van der Waals surface area (Å²) in [5, 5.41) is 0.764. The third-order valence-corrected chi connectivity index (χ3v) is 6.30. The van der Waals surface area contributed by atoms with E-state index in [9.17, 15) is 18.0 Å². The van der Waals surface area contributed by atoms with Gasteiger partial charge in [-0.25, -0.2) is 9.97 Å². The SMILES string of the molecule is CC1(CN(Cc2ccc(C(F)(F)F)cn2)C(=O)c2cc3c4c(c(N)nc3cn2)COC4)CC1. The highest BCUT2D eigenvalue weighted by Crippen LogP contribution is 2.46. The Labute approximate surface area is 187 Å². The quantitative estimate of drug-likeness (QED) is 0.620. The molecule has 5 rings (SSSR count). The van der Waals surface area contributed by atoms with E-state index >= 15 is 0 Å². The Bertz CT molecular complexity index is 1240. The highest BCUT2D eigenvalue weighted by molar-refractivity contribution is 5.97. The topological polar surface area (TPSA) is 94.2 Å². The number of fused-ring (bicyclic) bond motifs is 3. The number of anilines is 1. The smallest absolute Gasteiger partial charge is 0.383 e. The maximum absolute atomic E-state index is 13.5. The first-order valence-electron chi connectivity index (χ1n) is 10.6. The molecule has 172 valence electrons. The van der Waals surface area contributed by atoms with Gasteiger partial charge in [-0.15, -0.1) is 0 Å². The largest absolute Gasteiger partial charge is 0.417 e. The predicted octanol–water partition coefficient (Wildman–Crippen LogP) is 4.10. The van der Waals surface area contributed by atoms with Crippen LogP contribution in [0.15, 0.2) is 30.6 Å². The van der Waals surface area contributed by atoms with Gasteiger partial charge in [-0.2, -0.15) is 13.2 Å². The lowest BCUT2D eigenvalue weighted by Crippen LogP contribution is -2.35.